The number of hydrogen-bond acceptors (Lipinski definition) is 3. The molecule has 0 atom stereocenters. The van der Waals surface area contributed by atoms with E-state index >= 15 is 0 Å². The van der Waals surface area contributed by atoms with E-state index in [-0.39, 0.29) is 0 Å². The van der Waals surface area contributed by atoms with Gasteiger partial charge in [0.05, 0.1) is 5.69 Å². The summed E-state index contributed by atoms with van der Waals surface area (Å²) in [6.07, 6.45) is 3.93. The summed E-state index contributed by atoms with van der Waals surface area (Å²) in [6.45, 7) is 1.72. The van der Waals surface area contributed by atoms with Gasteiger partial charge in [-0.05, 0) is 31.0 Å². The average Bonchev–Trinajstić information content (AvgIpc) is 2.94. The lowest BCUT2D eigenvalue weighted by Crippen LogP contribution is -2.27. The third-order valence-corrected chi connectivity index (χ3v) is 3.27. The lowest BCUT2D eigenvalue weighted by atomic mass is 10.1. The smallest absolute Gasteiger partial charge is 0.0650 e. The lowest BCUT2D eigenvalue weighted by Gasteiger charge is -2.24. The van der Waals surface area contributed by atoms with Gasteiger partial charge in [-0.2, -0.15) is 5.10 Å². The summed E-state index contributed by atoms with van der Waals surface area (Å²) in [5.74, 6) is 0. The third kappa shape index (κ3) is 2.54. The van der Waals surface area contributed by atoms with Crippen molar-refractivity contribution in [2.75, 3.05) is 18.5 Å². The van der Waals surface area contributed by atoms with Crippen molar-refractivity contribution in [1.82, 2.24) is 10.2 Å². The first kappa shape index (κ1) is 11.3. The Kier molecular flexibility index (Phi) is 3.28. The summed E-state index contributed by atoms with van der Waals surface area (Å²) < 4.78 is 5.37. The number of H-pyrrole nitrogens is 1. The molecule has 1 aromatic carbocycles. The number of aromatic nitrogens is 2. The van der Waals surface area contributed by atoms with E-state index in [2.05, 4.69) is 39.8 Å². The molecular weight excluding hydrogens is 226 g/mol. The van der Waals surface area contributed by atoms with Crippen LogP contribution in [-0.2, 0) is 4.74 Å². The van der Waals surface area contributed by atoms with Crippen molar-refractivity contribution >= 4 is 5.69 Å². The molecule has 4 nitrogen and oxygen atoms in total. The fraction of sp³-hybridized carbons (Fsp3) is 0.357. The van der Waals surface area contributed by atoms with Gasteiger partial charge >= 0.3 is 0 Å². The molecule has 2 heterocycles. The van der Waals surface area contributed by atoms with E-state index in [9.17, 15) is 0 Å². The van der Waals surface area contributed by atoms with Crippen LogP contribution in [-0.4, -0.2) is 29.5 Å². The highest BCUT2D eigenvalue weighted by Gasteiger charge is 2.13. The molecule has 0 saturated carbocycles. The molecule has 2 N–H and O–H groups in total. The highest BCUT2D eigenvalue weighted by molar-refractivity contribution is 5.64. The third-order valence-electron chi connectivity index (χ3n) is 3.27. The number of hydrogen-bond donors (Lipinski definition) is 2. The molecule has 0 spiro atoms. The van der Waals surface area contributed by atoms with Crippen LogP contribution in [0.3, 0.4) is 0 Å². The summed E-state index contributed by atoms with van der Waals surface area (Å²) in [5.41, 5.74) is 3.36. The normalized spacial score (nSPS) is 16.7. The maximum atomic E-state index is 5.37. The van der Waals surface area contributed by atoms with Crippen molar-refractivity contribution in [3.8, 4) is 11.3 Å². The van der Waals surface area contributed by atoms with Crippen LogP contribution in [0.4, 0.5) is 5.69 Å². The number of ether oxygens (including phenoxy) is 1. The van der Waals surface area contributed by atoms with Crippen LogP contribution in [0.5, 0.6) is 0 Å². The van der Waals surface area contributed by atoms with Crippen molar-refractivity contribution in [3.05, 3.63) is 36.5 Å². The second kappa shape index (κ2) is 5.23. The van der Waals surface area contributed by atoms with E-state index in [1.54, 1.807) is 6.20 Å². The van der Waals surface area contributed by atoms with Crippen molar-refractivity contribution in [2.45, 2.75) is 18.9 Å². The number of anilines is 1. The Balaban J connectivity index is 1.74. The fourth-order valence-corrected chi connectivity index (χ4v) is 2.27. The predicted octanol–water partition coefficient (Wildman–Crippen LogP) is 2.67. The monoisotopic (exact) mass is 243 g/mol. The number of nitrogens with one attached hydrogen (secondary N) is 2. The molecule has 0 amide bonds. The van der Waals surface area contributed by atoms with Crippen molar-refractivity contribution in [1.29, 1.82) is 0 Å². The van der Waals surface area contributed by atoms with Crippen LogP contribution in [0.2, 0.25) is 0 Å². The lowest BCUT2D eigenvalue weighted by molar-refractivity contribution is 0.0904. The Labute approximate surface area is 106 Å². The average molecular weight is 243 g/mol. The van der Waals surface area contributed by atoms with Crippen LogP contribution >= 0.6 is 0 Å². The molecular formula is C14H17N3O. The minimum absolute atomic E-state index is 0.524. The van der Waals surface area contributed by atoms with Gasteiger partial charge in [0.2, 0.25) is 0 Å². The molecule has 3 rings (SSSR count). The molecule has 94 valence electrons. The van der Waals surface area contributed by atoms with Gasteiger partial charge in [0, 0.05) is 36.7 Å². The van der Waals surface area contributed by atoms with Crippen molar-refractivity contribution in [2.24, 2.45) is 0 Å². The van der Waals surface area contributed by atoms with Gasteiger partial charge in [0.25, 0.3) is 0 Å². The molecule has 18 heavy (non-hydrogen) atoms. The zero-order valence-corrected chi connectivity index (χ0v) is 10.2. The van der Waals surface area contributed by atoms with E-state index in [0.29, 0.717) is 6.04 Å². The van der Waals surface area contributed by atoms with Crippen LogP contribution in [0.1, 0.15) is 12.8 Å². The van der Waals surface area contributed by atoms with Gasteiger partial charge in [-0.3, -0.25) is 5.10 Å². The molecule has 1 fully saturated rings. The Bertz CT molecular complexity index is 490. The summed E-state index contributed by atoms with van der Waals surface area (Å²) in [4.78, 5) is 0. The highest BCUT2D eigenvalue weighted by Crippen LogP contribution is 2.22. The fourth-order valence-electron chi connectivity index (χ4n) is 2.27. The van der Waals surface area contributed by atoms with Gasteiger partial charge in [-0.15, -0.1) is 0 Å². The molecule has 2 aromatic rings. The number of rotatable bonds is 3. The zero-order chi connectivity index (χ0) is 12.2. The van der Waals surface area contributed by atoms with Crippen molar-refractivity contribution in [3.63, 3.8) is 0 Å². The van der Waals surface area contributed by atoms with Crippen LogP contribution in [0.25, 0.3) is 11.3 Å². The topological polar surface area (TPSA) is 49.9 Å². The van der Waals surface area contributed by atoms with E-state index < -0.39 is 0 Å². The maximum Gasteiger partial charge on any atom is 0.0650 e. The number of aromatic amines is 1. The largest absolute Gasteiger partial charge is 0.382 e. The van der Waals surface area contributed by atoms with Crippen LogP contribution in [0.15, 0.2) is 36.5 Å². The van der Waals surface area contributed by atoms with Gasteiger partial charge in [-0.1, -0.05) is 12.1 Å². The Hall–Kier alpha value is -1.81. The second-order valence-corrected chi connectivity index (χ2v) is 4.58. The molecule has 0 aliphatic carbocycles. The van der Waals surface area contributed by atoms with Crippen LogP contribution < -0.4 is 5.32 Å². The first-order valence-electron chi connectivity index (χ1n) is 6.36. The summed E-state index contributed by atoms with van der Waals surface area (Å²) in [5, 5.41) is 10.5. The quantitative estimate of drug-likeness (QED) is 0.871. The first-order chi connectivity index (χ1) is 8.92. The molecule has 1 aromatic heterocycles. The van der Waals surface area contributed by atoms with E-state index in [1.807, 2.05) is 6.07 Å². The van der Waals surface area contributed by atoms with Gasteiger partial charge in [0.15, 0.2) is 0 Å². The summed E-state index contributed by atoms with van der Waals surface area (Å²) in [7, 11) is 0. The molecule has 1 aliphatic rings. The van der Waals surface area contributed by atoms with Gasteiger partial charge < -0.3 is 10.1 Å². The summed E-state index contributed by atoms with van der Waals surface area (Å²) >= 11 is 0. The Morgan fingerprint density at radius 3 is 2.89 bits per heavy atom. The maximum absolute atomic E-state index is 5.37. The van der Waals surface area contributed by atoms with E-state index in [1.165, 1.54) is 0 Å². The SMILES string of the molecule is c1cc(NC2CCOCC2)cc(-c2ccn[nH]2)c1. The zero-order valence-electron chi connectivity index (χ0n) is 10.2. The number of nitrogens with zero attached hydrogens (tertiary/aromatic N) is 1. The van der Waals surface area contributed by atoms with Crippen molar-refractivity contribution < 1.29 is 4.74 Å². The molecule has 1 aliphatic heterocycles. The van der Waals surface area contributed by atoms with Gasteiger partial charge in [0.1, 0.15) is 0 Å². The Morgan fingerprint density at radius 1 is 1.22 bits per heavy atom. The number of benzene rings is 1. The molecule has 0 radical (unpaired) electrons. The van der Waals surface area contributed by atoms with E-state index in [4.69, 9.17) is 4.74 Å². The summed E-state index contributed by atoms with van der Waals surface area (Å²) in [6, 6.07) is 10.9. The first-order valence-corrected chi connectivity index (χ1v) is 6.36. The molecule has 0 bridgehead atoms. The second-order valence-electron chi connectivity index (χ2n) is 4.58. The Morgan fingerprint density at radius 2 is 2.11 bits per heavy atom. The van der Waals surface area contributed by atoms with Gasteiger partial charge in [-0.25, -0.2) is 0 Å². The molecule has 0 unspecified atom stereocenters. The van der Waals surface area contributed by atoms with Crippen LogP contribution in [0, 0.1) is 0 Å². The standard InChI is InChI=1S/C14H17N3O/c1-2-11(14-4-7-15-17-14)10-13(3-1)16-12-5-8-18-9-6-12/h1-4,7,10,12,16H,5-6,8-9H2,(H,15,17). The molecule has 1 saturated heterocycles. The highest BCUT2D eigenvalue weighted by atomic mass is 16.5. The molecule has 4 heteroatoms. The predicted molar refractivity (Wildman–Crippen MR) is 71.5 cm³/mol. The van der Waals surface area contributed by atoms with E-state index in [0.717, 1.165) is 43.0 Å². The minimum atomic E-state index is 0.524. The minimum Gasteiger partial charge on any atom is -0.382 e.